The topological polar surface area (TPSA) is 50.7 Å². The number of carbonyl (C=O) groups excluding carboxylic acids is 1. The molecule has 4 rings (SSSR count). The number of carbonyl (C=O) groups is 1. The van der Waals surface area contributed by atoms with Crippen LogP contribution in [-0.4, -0.2) is 11.6 Å². The molecule has 0 aromatic heterocycles. The summed E-state index contributed by atoms with van der Waals surface area (Å²) in [5.74, 6) is 1.21. The second-order valence-electron chi connectivity index (χ2n) is 5.49. The Kier molecular flexibility index (Phi) is 3.96. The van der Waals surface area contributed by atoms with Gasteiger partial charge in [-0.1, -0.05) is 41.9 Å². The largest absolute Gasteiger partial charge is 0.457 e. The first-order valence-corrected chi connectivity index (χ1v) is 8.10. The van der Waals surface area contributed by atoms with Crippen molar-refractivity contribution in [3.8, 4) is 11.5 Å². The third-order valence-electron chi connectivity index (χ3n) is 3.78. The van der Waals surface area contributed by atoms with Gasteiger partial charge in [-0.15, -0.1) is 0 Å². The summed E-state index contributed by atoms with van der Waals surface area (Å²) in [7, 11) is 0. The van der Waals surface area contributed by atoms with Gasteiger partial charge in [0.1, 0.15) is 17.2 Å². The molecule has 0 aliphatic carbocycles. The van der Waals surface area contributed by atoms with Crippen molar-refractivity contribution in [2.24, 2.45) is 4.99 Å². The zero-order valence-corrected chi connectivity index (χ0v) is 13.8. The minimum atomic E-state index is -0.257. The molecule has 1 heterocycles. The molecule has 0 radical (unpaired) electrons. The second kappa shape index (κ2) is 6.42. The Morgan fingerprint density at radius 2 is 1.56 bits per heavy atom. The fraction of sp³-hybridized carbons (Fsp3) is 0. The molecule has 0 saturated carbocycles. The number of ether oxygens (including phenoxy) is 1. The monoisotopic (exact) mass is 348 g/mol. The van der Waals surface area contributed by atoms with Gasteiger partial charge >= 0.3 is 0 Å². The number of benzene rings is 3. The van der Waals surface area contributed by atoms with Crippen molar-refractivity contribution in [3.63, 3.8) is 0 Å². The van der Waals surface area contributed by atoms with E-state index in [4.69, 9.17) is 16.3 Å². The van der Waals surface area contributed by atoms with E-state index in [-0.39, 0.29) is 5.91 Å². The molecule has 5 heteroatoms. The summed E-state index contributed by atoms with van der Waals surface area (Å²) in [6, 6.07) is 22.1. The van der Waals surface area contributed by atoms with Crippen LogP contribution in [0.1, 0.15) is 5.56 Å². The first-order chi connectivity index (χ1) is 12.2. The highest BCUT2D eigenvalue weighted by Gasteiger charge is 2.27. The van der Waals surface area contributed by atoms with E-state index in [2.05, 4.69) is 10.3 Å². The number of aliphatic imine (C=N–C) groups is 1. The van der Waals surface area contributed by atoms with Gasteiger partial charge in [-0.25, -0.2) is 4.99 Å². The number of nitrogens with zero attached hydrogens (tertiary/aromatic N) is 1. The molecule has 0 atom stereocenters. The third kappa shape index (κ3) is 3.12. The van der Waals surface area contributed by atoms with Gasteiger partial charge in [0.2, 0.25) is 0 Å². The van der Waals surface area contributed by atoms with Gasteiger partial charge in [0.15, 0.2) is 0 Å². The van der Waals surface area contributed by atoms with Crippen molar-refractivity contribution >= 4 is 34.6 Å². The summed E-state index contributed by atoms with van der Waals surface area (Å²) in [6.45, 7) is 0. The van der Waals surface area contributed by atoms with E-state index in [0.29, 0.717) is 33.4 Å². The molecule has 0 unspecified atom stereocenters. The van der Waals surface area contributed by atoms with Gasteiger partial charge in [-0.3, -0.25) is 4.79 Å². The average Bonchev–Trinajstić information content (AvgIpc) is 2.95. The minimum absolute atomic E-state index is 0.257. The lowest BCUT2D eigenvalue weighted by molar-refractivity contribution is -0.110. The molecule has 0 saturated heterocycles. The molecule has 1 aliphatic rings. The van der Waals surface area contributed by atoms with Crippen molar-refractivity contribution in [1.29, 1.82) is 0 Å². The number of para-hydroxylation sites is 2. The molecule has 1 aliphatic heterocycles. The number of fused-ring (bicyclic) bond motifs is 1. The maximum atomic E-state index is 12.2. The molecule has 4 nitrogen and oxygen atoms in total. The Balaban J connectivity index is 1.60. The predicted octanol–water partition coefficient (Wildman–Crippen LogP) is 5.21. The van der Waals surface area contributed by atoms with E-state index in [9.17, 15) is 4.79 Å². The van der Waals surface area contributed by atoms with E-state index in [1.54, 1.807) is 24.3 Å². The summed E-state index contributed by atoms with van der Waals surface area (Å²) >= 11 is 6.11. The fourth-order valence-electron chi connectivity index (χ4n) is 2.60. The van der Waals surface area contributed by atoms with Gasteiger partial charge < -0.3 is 10.1 Å². The van der Waals surface area contributed by atoms with Gasteiger partial charge in [-0.05, 0) is 42.5 Å². The molecule has 122 valence electrons. The number of nitrogens with one attached hydrogen (secondary N) is 1. The van der Waals surface area contributed by atoms with Crippen molar-refractivity contribution in [1.82, 2.24) is 0 Å². The van der Waals surface area contributed by atoms with Gasteiger partial charge in [0, 0.05) is 5.56 Å². The fourth-order valence-corrected chi connectivity index (χ4v) is 2.82. The number of rotatable bonds is 3. The standard InChI is InChI=1S/C20H13ClN2O2/c21-17-8-4-7-16-18(17)23-20(24)19(16)22-13-9-11-15(12-10-13)25-14-5-2-1-3-6-14/h1-12H,(H,22,23,24). The quantitative estimate of drug-likeness (QED) is 0.706. The molecule has 0 fully saturated rings. The third-order valence-corrected chi connectivity index (χ3v) is 4.09. The van der Waals surface area contributed by atoms with Crippen LogP contribution in [0.3, 0.4) is 0 Å². The molecule has 3 aromatic rings. The number of hydrogen-bond acceptors (Lipinski definition) is 3. The summed E-state index contributed by atoms with van der Waals surface area (Å²) in [6.07, 6.45) is 0. The van der Waals surface area contributed by atoms with Crippen LogP contribution < -0.4 is 10.1 Å². The van der Waals surface area contributed by atoms with Crippen molar-refractivity contribution in [2.75, 3.05) is 5.32 Å². The SMILES string of the molecule is O=C1Nc2c(Cl)cccc2C1=Nc1ccc(Oc2ccccc2)cc1. The van der Waals surface area contributed by atoms with Crippen LogP contribution in [0.25, 0.3) is 0 Å². The number of amides is 1. The lowest BCUT2D eigenvalue weighted by atomic mass is 10.1. The molecule has 0 bridgehead atoms. The normalized spacial score (nSPS) is 14.3. The van der Waals surface area contributed by atoms with Crippen LogP contribution in [0, 0.1) is 0 Å². The van der Waals surface area contributed by atoms with Gasteiger partial charge in [0.05, 0.1) is 16.4 Å². The lowest BCUT2D eigenvalue weighted by Crippen LogP contribution is -2.13. The summed E-state index contributed by atoms with van der Waals surface area (Å²) in [4.78, 5) is 16.6. The lowest BCUT2D eigenvalue weighted by Gasteiger charge is -2.05. The zero-order valence-electron chi connectivity index (χ0n) is 13.1. The van der Waals surface area contributed by atoms with Crippen LogP contribution >= 0.6 is 11.6 Å². The van der Waals surface area contributed by atoms with Crippen molar-refractivity contribution in [3.05, 3.63) is 83.4 Å². The van der Waals surface area contributed by atoms with Crippen LogP contribution in [0.4, 0.5) is 11.4 Å². The summed E-state index contributed by atoms with van der Waals surface area (Å²) in [5, 5.41) is 3.26. The molecule has 0 spiro atoms. The smallest absolute Gasteiger partial charge is 0.275 e. The van der Waals surface area contributed by atoms with Crippen LogP contribution in [0.5, 0.6) is 11.5 Å². The number of anilines is 1. The Morgan fingerprint density at radius 1 is 0.840 bits per heavy atom. The van der Waals surface area contributed by atoms with Crippen LogP contribution in [-0.2, 0) is 4.79 Å². The Morgan fingerprint density at radius 3 is 2.32 bits per heavy atom. The summed E-state index contributed by atoms with van der Waals surface area (Å²) in [5.41, 5.74) is 2.34. The highest BCUT2D eigenvalue weighted by Crippen LogP contribution is 2.32. The molecule has 3 aromatic carbocycles. The summed E-state index contributed by atoms with van der Waals surface area (Å²) < 4.78 is 5.75. The molecule has 1 amide bonds. The van der Waals surface area contributed by atoms with E-state index in [1.165, 1.54) is 0 Å². The first-order valence-electron chi connectivity index (χ1n) is 7.72. The highest BCUT2D eigenvalue weighted by molar-refractivity contribution is 6.55. The van der Waals surface area contributed by atoms with E-state index < -0.39 is 0 Å². The van der Waals surface area contributed by atoms with Crippen LogP contribution in [0.2, 0.25) is 5.02 Å². The van der Waals surface area contributed by atoms with Crippen LogP contribution in [0.15, 0.2) is 77.8 Å². The van der Waals surface area contributed by atoms with Crippen molar-refractivity contribution in [2.45, 2.75) is 0 Å². The Labute approximate surface area is 149 Å². The molecule has 25 heavy (non-hydrogen) atoms. The van der Waals surface area contributed by atoms with Gasteiger partial charge in [0.25, 0.3) is 5.91 Å². The number of hydrogen-bond donors (Lipinski definition) is 1. The Bertz CT molecular complexity index is 967. The zero-order chi connectivity index (χ0) is 17.2. The number of halogens is 1. The maximum Gasteiger partial charge on any atom is 0.275 e. The van der Waals surface area contributed by atoms with E-state index in [0.717, 1.165) is 5.75 Å². The first kappa shape index (κ1) is 15.4. The van der Waals surface area contributed by atoms with E-state index in [1.807, 2.05) is 48.5 Å². The highest BCUT2D eigenvalue weighted by atomic mass is 35.5. The van der Waals surface area contributed by atoms with Crippen molar-refractivity contribution < 1.29 is 9.53 Å². The average molecular weight is 349 g/mol. The predicted molar refractivity (Wildman–Crippen MR) is 99.2 cm³/mol. The maximum absolute atomic E-state index is 12.2. The molecular weight excluding hydrogens is 336 g/mol. The van der Waals surface area contributed by atoms with E-state index >= 15 is 0 Å². The molecule has 1 N–H and O–H groups in total. The Hall–Kier alpha value is -3.11. The molecular formula is C20H13ClN2O2. The minimum Gasteiger partial charge on any atom is -0.457 e. The van der Waals surface area contributed by atoms with Gasteiger partial charge in [-0.2, -0.15) is 0 Å². The second-order valence-corrected chi connectivity index (χ2v) is 5.89.